The van der Waals surface area contributed by atoms with Gasteiger partial charge in [0.1, 0.15) is 0 Å². The van der Waals surface area contributed by atoms with Crippen LogP contribution in [0.25, 0.3) is 0 Å². The molecule has 0 aromatic carbocycles. The highest BCUT2D eigenvalue weighted by atomic mass is 16.4. The van der Waals surface area contributed by atoms with Crippen molar-refractivity contribution in [3.63, 3.8) is 0 Å². The molecule has 3 N–H and O–H groups in total. The van der Waals surface area contributed by atoms with Crippen molar-refractivity contribution in [2.24, 2.45) is 0 Å². The molecule has 10 heteroatoms. The number of carboxylic acids is 3. The van der Waals surface area contributed by atoms with Crippen LogP contribution < -0.4 is 0 Å². The van der Waals surface area contributed by atoms with E-state index in [1.165, 1.54) is 0 Å². The second-order valence-corrected chi connectivity index (χ2v) is 2.60. The van der Waals surface area contributed by atoms with Crippen LogP contribution in [0, 0.1) is 0 Å². The third-order valence-electron chi connectivity index (χ3n) is 1.57. The van der Waals surface area contributed by atoms with E-state index in [4.69, 9.17) is 15.3 Å². The monoisotopic (exact) mass is 269 g/mol. The molecule has 0 aliphatic heterocycles. The first-order valence-corrected chi connectivity index (χ1v) is 4.07. The first-order valence-electron chi connectivity index (χ1n) is 4.07. The number of nitrogens with zero attached hydrogens (tertiary/aromatic N) is 1. The van der Waals surface area contributed by atoms with Crippen molar-refractivity contribution in [2.75, 3.05) is 0 Å². The molecule has 0 spiro atoms. The molecule has 0 aromatic heterocycles. The van der Waals surface area contributed by atoms with E-state index in [0.717, 1.165) is 0 Å². The van der Waals surface area contributed by atoms with Crippen molar-refractivity contribution in [2.45, 2.75) is 0 Å². The van der Waals surface area contributed by atoms with Crippen LogP contribution in [0.1, 0.15) is 0 Å². The molecular formula is C9H3NO9. The van der Waals surface area contributed by atoms with E-state index < -0.39 is 39.9 Å². The number of aliphatic carboxylic acids is 3. The highest BCUT2D eigenvalue weighted by Gasteiger charge is 2.34. The zero-order valence-electron chi connectivity index (χ0n) is 8.74. The van der Waals surface area contributed by atoms with Gasteiger partial charge in [-0.1, -0.05) is 0 Å². The average Bonchev–Trinajstić information content (AvgIpc) is 2.29. The van der Waals surface area contributed by atoms with Crippen molar-refractivity contribution >= 4 is 35.7 Å². The zero-order valence-corrected chi connectivity index (χ0v) is 8.74. The molecule has 0 saturated carbocycles. The van der Waals surface area contributed by atoms with E-state index in [0.29, 0.717) is 17.8 Å². The Labute approximate surface area is 103 Å². The van der Waals surface area contributed by atoms with Crippen molar-refractivity contribution in [1.29, 1.82) is 0 Å². The standard InChI is InChI=1S/C9H3NO9/c11-1-4(7(14)15)10(5(2-12)8(16)17)6(3-13)9(18)19/h(H,14,15)(H,16,17)(H,18,19). The summed E-state index contributed by atoms with van der Waals surface area (Å²) in [6.45, 7) is 0. The summed E-state index contributed by atoms with van der Waals surface area (Å²) in [7, 11) is 0. The molecule has 0 amide bonds. The number of rotatable bonds is 6. The van der Waals surface area contributed by atoms with Crippen molar-refractivity contribution in [3.8, 4) is 0 Å². The highest BCUT2D eigenvalue weighted by Crippen LogP contribution is 2.16. The van der Waals surface area contributed by atoms with Gasteiger partial charge >= 0.3 is 17.9 Å². The Morgan fingerprint density at radius 2 is 0.842 bits per heavy atom. The van der Waals surface area contributed by atoms with Gasteiger partial charge in [-0.2, -0.15) is 0 Å². The average molecular weight is 269 g/mol. The van der Waals surface area contributed by atoms with Gasteiger partial charge in [0, 0.05) is 0 Å². The molecule has 0 radical (unpaired) electrons. The van der Waals surface area contributed by atoms with E-state index in [1.807, 2.05) is 0 Å². The summed E-state index contributed by atoms with van der Waals surface area (Å²) in [4.78, 5) is 62.8. The molecule has 0 rings (SSSR count). The van der Waals surface area contributed by atoms with Crippen molar-refractivity contribution < 1.29 is 44.1 Å². The maximum absolute atomic E-state index is 10.6. The Kier molecular flexibility index (Phi) is 5.19. The predicted molar refractivity (Wildman–Crippen MR) is 52.4 cm³/mol. The second-order valence-electron chi connectivity index (χ2n) is 2.60. The molecule has 0 bridgehead atoms. The summed E-state index contributed by atoms with van der Waals surface area (Å²) < 4.78 is 0. The lowest BCUT2D eigenvalue weighted by atomic mass is 10.2. The topological polar surface area (TPSA) is 166 Å². The normalized spacial score (nSPS) is 8.21. The largest absolute Gasteiger partial charge is 0.476 e. The molecular weight excluding hydrogens is 266 g/mol. The first-order chi connectivity index (χ1) is 8.81. The van der Waals surface area contributed by atoms with Crippen LogP contribution in [0.15, 0.2) is 17.1 Å². The molecule has 0 atom stereocenters. The minimum absolute atomic E-state index is 0.431. The molecule has 0 fully saturated rings. The van der Waals surface area contributed by atoms with Crippen LogP contribution in [0.5, 0.6) is 0 Å². The maximum atomic E-state index is 10.6. The molecule has 0 saturated heterocycles. The molecule has 0 unspecified atom stereocenters. The molecule has 0 aliphatic carbocycles. The van der Waals surface area contributed by atoms with Gasteiger partial charge in [0.25, 0.3) is 0 Å². The van der Waals surface area contributed by atoms with Crippen LogP contribution in [0.4, 0.5) is 0 Å². The SMILES string of the molecule is O=C=C(C(=O)O)N(C(=C=O)C(=O)O)C(=C=O)C(=O)O. The van der Waals surface area contributed by atoms with Gasteiger partial charge in [0.05, 0.1) is 0 Å². The third kappa shape index (κ3) is 3.26. The van der Waals surface area contributed by atoms with Crippen molar-refractivity contribution in [3.05, 3.63) is 17.1 Å². The van der Waals surface area contributed by atoms with Crippen LogP contribution in [0.2, 0.25) is 0 Å². The number of carbonyl (C=O) groups is 3. The zero-order chi connectivity index (χ0) is 15.2. The molecule has 10 nitrogen and oxygen atoms in total. The van der Waals surface area contributed by atoms with Gasteiger partial charge in [-0.25, -0.2) is 28.8 Å². The lowest BCUT2D eigenvalue weighted by Gasteiger charge is -2.18. The van der Waals surface area contributed by atoms with Gasteiger partial charge < -0.3 is 15.3 Å². The molecule has 0 aliphatic rings. The Balaban J connectivity index is 6.36. The second kappa shape index (κ2) is 6.33. The number of carboxylic acid groups (broad SMARTS) is 3. The number of hydrogen-bond donors (Lipinski definition) is 3. The summed E-state index contributed by atoms with van der Waals surface area (Å²) in [6, 6.07) is 0. The van der Waals surface area contributed by atoms with E-state index in [1.54, 1.807) is 0 Å². The molecule has 98 valence electrons. The highest BCUT2D eigenvalue weighted by molar-refractivity contribution is 6.06. The molecule has 19 heavy (non-hydrogen) atoms. The van der Waals surface area contributed by atoms with E-state index in [-0.39, 0.29) is 0 Å². The first kappa shape index (κ1) is 15.6. The number of carbonyl (C=O) groups excluding carboxylic acids is 3. The van der Waals surface area contributed by atoms with Crippen LogP contribution in [0.3, 0.4) is 0 Å². The van der Waals surface area contributed by atoms with Gasteiger partial charge in [-0.3, -0.25) is 4.90 Å². The van der Waals surface area contributed by atoms with E-state index in [9.17, 15) is 28.8 Å². The Morgan fingerprint density at radius 3 is 0.947 bits per heavy atom. The van der Waals surface area contributed by atoms with Gasteiger partial charge in [-0.05, 0) is 0 Å². The van der Waals surface area contributed by atoms with Crippen LogP contribution in [-0.4, -0.2) is 56.0 Å². The Hall–Kier alpha value is -3.44. The van der Waals surface area contributed by atoms with Gasteiger partial charge in [0.2, 0.25) is 17.1 Å². The summed E-state index contributed by atoms with van der Waals surface area (Å²) in [6.07, 6.45) is 0. The van der Waals surface area contributed by atoms with E-state index in [2.05, 4.69) is 0 Å². The Bertz CT molecular complexity index is 512. The summed E-state index contributed by atoms with van der Waals surface area (Å²) in [5, 5.41) is 25.7. The lowest BCUT2D eigenvalue weighted by Crippen LogP contribution is -2.34. The van der Waals surface area contributed by atoms with Gasteiger partial charge in [-0.15, -0.1) is 0 Å². The van der Waals surface area contributed by atoms with E-state index >= 15 is 0 Å². The lowest BCUT2D eigenvalue weighted by molar-refractivity contribution is -0.136. The fraction of sp³-hybridized carbons (Fsp3) is 0. The summed E-state index contributed by atoms with van der Waals surface area (Å²) >= 11 is 0. The fourth-order valence-corrected chi connectivity index (χ4v) is 0.890. The third-order valence-corrected chi connectivity index (χ3v) is 1.57. The minimum Gasteiger partial charge on any atom is -0.476 e. The molecule has 0 aromatic rings. The Morgan fingerprint density at radius 1 is 0.632 bits per heavy atom. The minimum atomic E-state index is -2.11. The maximum Gasteiger partial charge on any atom is 0.364 e. The summed E-state index contributed by atoms with van der Waals surface area (Å²) in [5.41, 5.74) is -4.79. The smallest absolute Gasteiger partial charge is 0.364 e. The predicted octanol–water partition coefficient (Wildman–Crippen LogP) is -2.31. The quantitative estimate of drug-likeness (QED) is 0.352. The number of hydrogen-bond acceptors (Lipinski definition) is 7. The van der Waals surface area contributed by atoms with Crippen LogP contribution in [-0.2, 0) is 28.8 Å². The van der Waals surface area contributed by atoms with Gasteiger partial charge in [0.15, 0.2) is 17.8 Å². The van der Waals surface area contributed by atoms with Crippen molar-refractivity contribution in [1.82, 2.24) is 4.90 Å². The summed E-state index contributed by atoms with van der Waals surface area (Å²) in [5.74, 6) is -4.22. The van der Waals surface area contributed by atoms with Crippen LogP contribution >= 0.6 is 0 Å². The fourth-order valence-electron chi connectivity index (χ4n) is 0.890. The molecule has 0 heterocycles.